The highest BCUT2D eigenvalue weighted by Gasteiger charge is 2.16. The molecule has 0 spiro atoms. The van der Waals surface area contributed by atoms with Gasteiger partial charge in [-0.2, -0.15) is 5.26 Å². The van der Waals surface area contributed by atoms with Crippen LogP contribution in [-0.4, -0.2) is 18.0 Å². The first-order valence-corrected chi connectivity index (χ1v) is 5.49. The maximum atomic E-state index is 9.16. The predicted octanol–water partition coefficient (Wildman–Crippen LogP) is 3.67. The van der Waals surface area contributed by atoms with Crippen molar-refractivity contribution in [2.45, 2.75) is 19.9 Å². The Balaban J connectivity index is 0.00000225. The minimum absolute atomic E-state index is 0. The summed E-state index contributed by atoms with van der Waals surface area (Å²) in [4.78, 5) is 2.11. The van der Waals surface area contributed by atoms with Crippen molar-refractivity contribution in [1.29, 1.82) is 5.26 Å². The van der Waals surface area contributed by atoms with Gasteiger partial charge in [0.25, 0.3) is 0 Å². The van der Waals surface area contributed by atoms with Crippen LogP contribution in [0.2, 0.25) is 5.02 Å². The van der Waals surface area contributed by atoms with E-state index in [1.165, 1.54) is 0 Å². The third kappa shape index (κ3) is 3.68. The van der Waals surface area contributed by atoms with E-state index in [-0.39, 0.29) is 18.4 Å². The minimum Gasteiger partial charge on any atom is -0.285 e. The van der Waals surface area contributed by atoms with Crippen molar-refractivity contribution in [1.82, 2.24) is 4.90 Å². The number of nitriles is 1. The number of rotatable bonds is 4. The van der Waals surface area contributed by atoms with E-state index < -0.39 is 0 Å². The van der Waals surface area contributed by atoms with Crippen LogP contribution in [0.4, 0.5) is 0 Å². The molecule has 0 saturated carbocycles. The fourth-order valence-corrected chi connectivity index (χ4v) is 1.73. The van der Waals surface area contributed by atoms with Crippen molar-refractivity contribution in [3.8, 4) is 6.07 Å². The molecule has 1 rings (SSSR count). The zero-order chi connectivity index (χ0) is 11.3. The van der Waals surface area contributed by atoms with Crippen LogP contribution >= 0.6 is 24.0 Å². The fraction of sp³-hybridized carbons (Fsp3) is 0.417. The van der Waals surface area contributed by atoms with Crippen LogP contribution in [-0.2, 0) is 0 Å². The predicted molar refractivity (Wildman–Crippen MR) is 70.0 cm³/mol. The van der Waals surface area contributed by atoms with Crippen LogP contribution in [0.15, 0.2) is 24.3 Å². The van der Waals surface area contributed by atoms with E-state index in [0.29, 0.717) is 5.02 Å². The van der Waals surface area contributed by atoms with Crippen molar-refractivity contribution >= 4 is 24.0 Å². The van der Waals surface area contributed by atoms with Crippen LogP contribution in [0.1, 0.15) is 25.5 Å². The zero-order valence-corrected chi connectivity index (χ0v) is 11.1. The van der Waals surface area contributed by atoms with Gasteiger partial charge in [-0.15, -0.1) is 12.4 Å². The van der Waals surface area contributed by atoms with Crippen LogP contribution in [0.5, 0.6) is 0 Å². The van der Waals surface area contributed by atoms with Crippen molar-refractivity contribution < 1.29 is 0 Å². The minimum atomic E-state index is -0.169. The summed E-state index contributed by atoms with van der Waals surface area (Å²) in [5.41, 5.74) is 1.01. The molecule has 0 bridgehead atoms. The largest absolute Gasteiger partial charge is 0.285 e. The van der Waals surface area contributed by atoms with Crippen molar-refractivity contribution in [3.05, 3.63) is 34.9 Å². The van der Waals surface area contributed by atoms with Gasteiger partial charge >= 0.3 is 0 Å². The Morgan fingerprint density at radius 2 is 1.75 bits per heavy atom. The zero-order valence-electron chi connectivity index (χ0n) is 9.48. The average Bonchev–Trinajstić information content (AvgIpc) is 2.27. The Morgan fingerprint density at radius 1 is 1.25 bits per heavy atom. The molecule has 4 heteroatoms. The normalized spacial score (nSPS) is 11.7. The van der Waals surface area contributed by atoms with E-state index >= 15 is 0 Å². The fourth-order valence-electron chi connectivity index (χ4n) is 1.60. The van der Waals surface area contributed by atoms with Crippen molar-refractivity contribution in [3.63, 3.8) is 0 Å². The molecule has 1 atom stereocenters. The van der Waals surface area contributed by atoms with Gasteiger partial charge in [0.05, 0.1) is 6.07 Å². The van der Waals surface area contributed by atoms with Gasteiger partial charge in [-0.05, 0) is 30.8 Å². The second-order valence-corrected chi connectivity index (χ2v) is 3.74. The number of nitrogens with zero attached hydrogens (tertiary/aromatic N) is 2. The third-order valence-corrected chi connectivity index (χ3v) is 2.74. The summed E-state index contributed by atoms with van der Waals surface area (Å²) < 4.78 is 0. The monoisotopic (exact) mass is 258 g/mol. The maximum Gasteiger partial charge on any atom is 0.123 e. The lowest BCUT2D eigenvalue weighted by molar-refractivity contribution is 0.262. The van der Waals surface area contributed by atoms with E-state index in [0.717, 1.165) is 18.7 Å². The molecular formula is C12H16Cl2N2. The van der Waals surface area contributed by atoms with Gasteiger partial charge in [0.2, 0.25) is 0 Å². The molecule has 2 nitrogen and oxygen atoms in total. The van der Waals surface area contributed by atoms with E-state index in [2.05, 4.69) is 24.8 Å². The summed E-state index contributed by atoms with van der Waals surface area (Å²) in [5.74, 6) is 0. The van der Waals surface area contributed by atoms with E-state index in [4.69, 9.17) is 16.9 Å². The molecule has 1 aromatic rings. The Morgan fingerprint density at radius 3 is 2.12 bits per heavy atom. The molecule has 16 heavy (non-hydrogen) atoms. The first-order valence-electron chi connectivity index (χ1n) is 5.12. The maximum absolute atomic E-state index is 9.16. The van der Waals surface area contributed by atoms with Gasteiger partial charge in [0.1, 0.15) is 6.04 Å². The smallest absolute Gasteiger partial charge is 0.123 e. The van der Waals surface area contributed by atoms with E-state index in [1.807, 2.05) is 24.3 Å². The van der Waals surface area contributed by atoms with Crippen molar-refractivity contribution in [2.75, 3.05) is 13.1 Å². The first-order chi connectivity index (χ1) is 7.22. The molecule has 0 aliphatic rings. The quantitative estimate of drug-likeness (QED) is 0.824. The second-order valence-electron chi connectivity index (χ2n) is 3.30. The topological polar surface area (TPSA) is 27.0 Å². The van der Waals surface area contributed by atoms with Crippen molar-refractivity contribution in [2.24, 2.45) is 0 Å². The third-order valence-electron chi connectivity index (χ3n) is 2.49. The first kappa shape index (κ1) is 15.2. The SMILES string of the molecule is CCN(CC)C(C#N)c1ccc(Cl)cc1.Cl. The Hall–Kier alpha value is -0.750. The molecule has 1 aromatic carbocycles. The number of hydrogen-bond acceptors (Lipinski definition) is 2. The molecule has 0 saturated heterocycles. The molecule has 0 N–H and O–H groups in total. The lowest BCUT2D eigenvalue weighted by Gasteiger charge is -2.24. The van der Waals surface area contributed by atoms with E-state index in [9.17, 15) is 0 Å². The molecule has 0 aromatic heterocycles. The summed E-state index contributed by atoms with van der Waals surface area (Å²) in [6.07, 6.45) is 0. The number of hydrogen-bond donors (Lipinski definition) is 0. The summed E-state index contributed by atoms with van der Waals surface area (Å²) in [6, 6.07) is 9.62. The van der Waals surface area contributed by atoms with Crippen LogP contribution in [0.25, 0.3) is 0 Å². The Kier molecular flexibility index (Phi) is 7.16. The summed E-state index contributed by atoms with van der Waals surface area (Å²) >= 11 is 5.81. The Labute approximate surface area is 108 Å². The second kappa shape index (κ2) is 7.51. The van der Waals surface area contributed by atoms with Gasteiger partial charge in [-0.3, -0.25) is 4.90 Å². The summed E-state index contributed by atoms with van der Waals surface area (Å²) in [5, 5.41) is 9.86. The van der Waals surface area contributed by atoms with Crippen LogP contribution in [0.3, 0.4) is 0 Å². The molecule has 0 amide bonds. The van der Waals surface area contributed by atoms with Gasteiger partial charge in [0.15, 0.2) is 0 Å². The summed E-state index contributed by atoms with van der Waals surface area (Å²) in [7, 11) is 0. The van der Waals surface area contributed by atoms with Crippen LogP contribution < -0.4 is 0 Å². The summed E-state index contributed by atoms with van der Waals surface area (Å²) in [6.45, 7) is 5.86. The van der Waals surface area contributed by atoms with E-state index in [1.54, 1.807) is 0 Å². The highest BCUT2D eigenvalue weighted by atomic mass is 35.5. The molecule has 0 aliphatic heterocycles. The lowest BCUT2D eigenvalue weighted by atomic mass is 10.1. The molecule has 1 unspecified atom stereocenters. The highest BCUT2D eigenvalue weighted by Crippen LogP contribution is 2.21. The standard InChI is InChI=1S/C12H15ClN2.ClH/c1-3-15(4-2)12(9-14)10-5-7-11(13)8-6-10;/h5-8,12H,3-4H2,1-2H3;1H. The van der Waals surface area contributed by atoms with Crippen LogP contribution in [0, 0.1) is 11.3 Å². The lowest BCUT2D eigenvalue weighted by Crippen LogP contribution is -2.27. The molecule has 0 heterocycles. The van der Waals surface area contributed by atoms with Gasteiger partial charge in [0, 0.05) is 5.02 Å². The molecular weight excluding hydrogens is 243 g/mol. The van der Waals surface area contributed by atoms with Gasteiger partial charge < -0.3 is 0 Å². The van der Waals surface area contributed by atoms with Gasteiger partial charge in [-0.1, -0.05) is 37.6 Å². The van der Waals surface area contributed by atoms with Gasteiger partial charge in [-0.25, -0.2) is 0 Å². The Bertz CT molecular complexity index is 339. The highest BCUT2D eigenvalue weighted by molar-refractivity contribution is 6.30. The molecule has 88 valence electrons. The molecule has 0 aliphatic carbocycles. The molecule has 0 fully saturated rings. The number of benzene rings is 1. The molecule has 0 radical (unpaired) electrons. The number of halogens is 2. The average molecular weight is 259 g/mol.